The lowest BCUT2D eigenvalue weighted by atomic mass is 10.0. The number of anilines is 1. The lowest BCUT2D eigenvalue weighted by Crippen LogP contribution is -2.45. The summed E-state index contributed by atoms with van der Waals surface area (Å²) in [5.74, 6) is 0.818. The second kappa shape index (κ2) is 9.63. The summed E-state index contributed by atoms with van der Waals surface area (Å²) in [4.78, 5) is 11.2. The fourth-order valence-corrected chi connectivity index (χ4v) is 3.07. The number of rotatable bonds is 6. The summed E-state index contributed by atoms with van der Waals surface area (Å²) in [6.07, 6.45) is 2.23. The standard InChI is InChI=1S/C15H27N5OS.HI/c1-5-16-13(18-11-15(2)7-6-8-21-15)17-9-12-10-22-14(19-12)20(3)4;/h10H,5-9,11H2,1-4H3,(H2,16,17,18);1H. The number of aliphatic imine (C=N–C) groups is 1. The fraction of sp³-hybridized carbons (Fsp3) is 0.733. The van der Waals surface area contributed by atoms with Crippen LogP contribution in [0.1, 0.15) is 32.4 Å². The van der Waals surface area contributed by atoms with Gasteiger partial charge in [-0.3, -0.25) is 0 Å². The summed E-state index contributed by atoms with van der Waals surface area (Å²) in [5.41, 5.74) is 0.920. The van der Waals surface area contributed by atoms with Crippen molar-refractivity contribution in [3.05, 3.63) is 11.1 Å². The Morgan fingerprint density at radius 2 is 2.26 bits per heavy atom. The maximum atomic E-state index is 5.80. The zero-order valence-corrected chi connectivity index (χ0v) is 17.5. The predicted octanol–water partition coefficient (Wildman–Crippen LogP) is 2.45. The normalized spacial score (nSPS) is 21.0. The van der Waals surface area contributed by atoms with Crippen molar-refractivity contribution in [1.82, 2.24) is 15.6 Å². The fourth-order valence-electron chi connectivity index (χ4n) is 2.32. The van der Waals surface area contributed by atoms with Gasteiger partial charge in [0.25, 0.3) is 0 Å². The van der Waals surface area contributed by atoms with Crippen LogP contribution in [0.2, 0.25) is 0 Å². The van der Waals surface area contributed by atoms with Crippen molar-refractivity contribution < 1.29 is 4.74 Å². The molecule has 1 aliphatic rings. The number of aromatic nitrogens is 1. The van der Waals surface area contributed by atoms with Gasteiger partial charge in [-0.2, -0.15) is 0 Å². The van der Waals surface area contributed by atoms with E-state index in [9.17, 15) is 0 Å². The molecule has 0 aromatic carbocycles. The quantitative estimate of drug-likeness (QED) is 0.394. The van der Waals surface area contributed by atoms with Crippen LogP contribution in [0.5, 0.6) is 0 Å². The molecular formula is C15H28IN5OS. The molecule has 0 bridgehead atoms. The Morgan fingerprint density at radius 3 is 2.83 bits per heavy atom. The van der Waals surface area contributed by atoms with E-state index in [4.69, 9.17) is 4.74 Å². The highest BCUT2D eigenvalue weighted by Gasteiger charge is 2.29. The smallest absolute Gasteiger partial charge is 0.191 e. The zero-order chi connectivity index (χ0) is 16.0. The van der Waals surface area contributed by atoms with E-state index in [0.717, 1.165) is 49.3 Å². The summed E-state index contributed by atoms with van der Waals surface area (Å²) < 4.78 is 5.80. The molecule has 23 heavy (non-hydrogen) atoms. The van der Waals surface area contributed by atoms with Crippen molar-refractivity contribution in [3.8, 4) is 0 Å². The molecule has 132 valence electrons. The molecular weight excluding hydrogens is 425 g/mol. The Kier molecular flexibility index (Phi) is 8.56. The third-order valence-electron chi connectivity index (χ3n) is 3.60. The minimum atomic E-state index is -0.0745. The number of nitrogens with one attached hydrogen (secondary N) is 2. The molecule has 0 saturated carbocycles. The van der Waals surface area contributed by atoms with Gasteiger partial charge in [0.2, 0.25) is 0 Å². The molecule has 1 aliphatic heterocycles. The molecule has 1 fully saturated rings. The third-order valence-corrected chi connectivity index (χ3v) is 4.65. The van der Waals surface area contributed by atoms with Crippen LogP contribution in [-0.2, 0) is 11.3 Å². The molecule has 0 amide bonds. The van der Waals surface area contributed by atoms with E-state index < -0.39 is 0 Å². The highest BCUT2D eigenvalue weighted by molar-refractivity contribution is 14.0. The monoisotopic (exact) mass is 453 g/mol. The Labute approximate surface area is 160 Å². The Balaban J connectivity index is 0.00000264. The van der Waals surface area contributed by atoms with Gasteiger partial charge in [0, 0.05) is 39.2 Å². The maximum absolute atomic E-state index is 5.80. The highest BCUT2D eigenvalue weighted by atomic mass is 127. The molecule has 6 nitrogen and oxygen atoms in total. The van der Waals surface area contributed by atoms with Gasteiger partial charge >= 0.3 is 0 Å². The lowest BCUT2D eigenvalue weighted by molar-refractivity contribution is 0.0243. The second-order valence-corrected chi connectivity index (χ2v) is 6.80. The van der Waals surface area contributed by atoms with Crippen LogP contribution >= 0.6 is 35.3 Å². The molecule has 2 heterocycles. The van der Waals surface area contributed by atoms with Gasteiger partial charge in [0.1, 0.15) is 0 Å². The van der Waals surface area contributed by atoms with Gasteiger partial charge in [-0.25, -0.2) is 9.98 Å². The van der Waals surface area contributed by atoms with Gasteiger partial charge in [-0.05, 0) is 26.7 Å². The predicted molar refractivity (Wildman–Crippen MR) is 108 cm³/mol. The van der Waals surface area contributed by atoms with Crippen LogP contribution in [0.25, 0.3) is 0 Å². The van der Waals surface area contributed by atoms with Crippen LogP contribution in [0, 0.1) is 0 Å². The first kappa shape index (κ1) is 20.4. The first-order valence-corrected chi connectivity index (χ1v) is 8.68. The zero-order valence-electron chi connectivity index (χ0n) is 14.4. The maximum Gasteiger partial charge on any atom is 0.191 e. The number of hydrogen-bond donors (Lipinski definition) is 2. The molecule has 1 atom stereocenters. The van der Waals surface area contributed by atoms with Crippen molar-refractivity contribution in [2.75, 3.05) is 38.7 Å². The first-order valence-electron chi connectivity index (χ1n) is 7.80. The average molecular weight is 453 g/mol. The van der Waals surface area contributed by atoms with Gasteiger partial charge in [-0.15, -0.1) is 35.3 Å². The number of guanidine groups is 1. The molecule has 1 aromatic heterocycles. The largest absolute Gasteiger partial charge is 0.373 e. The van der Waals surface area contributed by atoms with E-state index in [1.807, 2.05) is 19.0 Å². The summed E-state index contributed by atoms with van der Waals surface area (Å²) >= 11 is 1.64. The number of halogens is 1. The second-order valence-electron chi connectivity index (χ2n) is 5.97. The van der Waals surface area contributed by atoms with Gasteiger partial charge in [0.15, 0.2) is 11.1 Å². The number of nitrogens with zero attached hydrogens (tertiary/aromatic N) is 3. The topological polar surface area (TPSA) is 61.8 Å². The van der Waals surface area contributed by atoms with Crippen LogP contribution in [-0.4, -0.2) is 50.3 Å². The van der Waals surface area contributed by atoms with E-state index in [2.05, 4.69) is 39.8 Å². The molecule has 1 unspecified atom stereocenters. The summed E-state index contributed by atoms with van der Waals surface area (Å²) in [6, 6.07) is 0. The molecule has 0 radical (unpaired) electrons. The minimum Gasteiger partial charge on any atom is -0.373 e. The third kappa shape index (κ3) is 6.42. The van der Waals surface area contributed by atoms with Gasteiger partial charge in [-0.1, -0.05) is 0 Å². The molecule has 2 rings (SSSR count). The first-order chi connectivity index (χ1) is 10.5. The van der Waals surface area contributed by atoms with Gasteiger partial charge < -0.3 is 20.3 Å². The van der Waals surface area contributed by atoms with Crippen molar-refractivity contribution in [2.45, 2.75) is 38.8 Å². The van der Waals surface area contributed by atoms with Crippen molar-refractivity contribution >= 4 is 46.4 Å². The Morgan fingerprint density at radius 1 is 1.48 bits per heavy atom. The minimum absolute atomic E-state index is 0. The highest BCUT2D eigenvalue weighted by Crippen LogP contribution is 2.23. The molecule has 0 aliphatic carbocycles. The molecule has 0 spiro atoms. The number of ether oxygens (including phenoxy) is 1. The molecule has 8 heteroatoms. The lowest BCUT2D eigenvalue weighted by Gasteiger charge is -2.24. The van der Waals surface area contributed by atoms with Crippen molar-refractivity contribution in [3.63, 3.8) is 0 Å². The summed E-state index contributed by atoms with van der Waals surface area (Å²) in [6.45, 7) is 7.27. The number of thiazole rings is 1. The van der Waals surface area contributed by atoms with E-state index in [1.54, 1.807) is 11.3 Å². The summed E-state index contributed by atoms with van der Waals surface area (Å²) in [5, 5.41) is 9.72. The molecule has 1 saturated heterocycles. The molecule has 1 aromatic rings. The van der Waals surface area contributed by atoms with Crippen LogP contribution in [0.3, 0.4) is 0 Å². The average Bonchev–Trinajstić information content (AvgIpc) is 3.11. The Bertz CT molecular complexity index is 500. The van der Waals surface area contributed by atoms with Crippen molar-refractivity contribution in [2.24, 2.45) is 4.99 Å². The van der Waals surface area contributed by atoms with E-state index in [0.29, 0.717) is 6.54 Å². The van der Waals surface area contributed by atoms with Crippen LogP contribution in [0.4, 0.5) is 5.13 Å². The Hall–Kier alpha value is -0.610. The van der Waals surface area contributed by atoms with Crippen molar-refractivity contribution in [1.29, 1.82) is 0 Å². The van der Waals surface area contributed by atoms with Gasteiger partial charge in [0.05, 0.1) is 17.8 Å². The van der Waals surface area contributed by atoms with Crippen LogP contribution in [0.15, 0.2) is 10.4 Å². The number of hydrogen-bond acceptors (Lipinski definition) is 5. The summed E-state index contributed by atoms with van der Waals surface area (Å²) in [7, 11) is 4.00. The van der Waals surface area contributed by atoms with E-state index in [-0.39, 0.29) is 29.6 Å². The van der Waals surface area contributed by atoms with Crippen LogP contribution < -0.4 is 15.5 Å². The van der Waals surface area contributed by atoms with E-state index >= 15 is 0 Å². The SMILES string of the molecule is CCNC(=NCc1csc(N(C)C)n1)NCC1(C)CCCO1.I. The molecule has 2 N–H and O–H groups in total. The van der Waals surface area contributed by atoms with E-state index in [1.165, 1.54) is 0 Å².